The lowest BCUT2D eigenvalue weighted by molar-refractivity contribution is -0.126. The SMILES string of the molecule is Cc1ccc(NC(=O)[C@@H]2CC[C@H](CN)O2)cc1C(=O)NC(C)C. The van der Waals surface area contributed by atoms with Gasteiger partial charge in [0.1, 0.15) is 6.10 Å². The summed E-state index contributed by atoms with van der Waals surface area (Å²) in [6, 6.07) is 5.36. The van der Waals surface area contributed by atoms with Crippen molar-refractivity contribution >= 4 is 17.5 Å². The third kappa shape index (κ3) is 4.53. The number of hydrogen-bond donors (Lipinski definition) is 3. The fraction of sp³-hybridized carbons (Fsp3) is 0.529. The molecule has 0 bridgehead atoms. The fourth-order valence-corrected chi connectivity index (χ4v) is 2.58. The second-order valence-electron chi connectivity index (χ2n) is 6.21. The highest BCUT2D eigenvalue weighted by molar-refractivity contribution is 5.99. The molecule has 0 saturated carbocycles. The van der Waals surface area contributed by atoms with E-state index in [-0.39, 0.29) is 24.0 Å². The van der Waals surface area contributed by atoms with Gasteiger partial charge in [0.15, 0.2) is 0 Å². The molecule has 2 rings (SSSR count). The van der Waals surface area contributed by atoms with Gasteiger partial charge in [0.25, 0.3) is 11.8 Å². The van der Waals surface area contributed by atoms with Crippen molar-refractivity contribution in [2.75, 3.05) is 11.9 Å². The van der Waals surface area contributed by atoms with E-state index in [2.05, 4.69) is 10.6 Å². The second kappa shape index (κ2) is 7.57. The molecule has 0 aromatic heterocycles. The van der Waals surface area contributed by atoms with Crippen molar-refractivity contribution in [1.82, 2.24) is 5.32 Å². The summed E-state index contributed by atoms with van der Waals surface area (Å²) in [4.78, 5) is 24.4. The predicted octanol–water partition coefficient (Wildman–Crippen LogP) is 1.58. The van der Waals surface area contributed by atoms with E-state index in [0.717, 1.165) is 12.0 Å². The zero-order chi connectivity index (χ0) is 17.0. The summed E-state index contributed by atoms with van der Waals surface area (Å²) in [6.45, 7) is 6.11. The minimum Gasteiger partial charge on any atom is -0.364 e. The molecule has 2 atom stereocenters. The van der Waals surface area contributed by atoms with Crippen LogP contribution >= 0.6 is 0 Å². The number of benzene rings is 1. The van der Waals surface area contributed by atoms with Gasteiger partial charge in [0, 0.05) is 23.8 Å². The lowest BCUT2D eigenvalue weighted by atomic mass is 10.1. The van der Waals surface area contributed by atoms with Crippen LogP contribution in [0.2, 0.25) is 0 Å². The van der Waals surface area contributed by atoms with Crippen LogP contribution in [-0.4, -0.2) is 36.6 Å². The normalized spacial score (nSPS) is 20.6. The number of nitrogens with two attached hydrogens (primary N) is 1. The summed E-state index contributed by atoms with van der Waals surface area (Å²) in [7, 11) is 0. The number of rotatable bonds is 5. The Hall–Kier alpha value is -1.92. The van der Waals surface area contributed by atoms with Crippen LogP contribution in [0.3, 0.4) is 0 Å². The minimum absolute atomic E-state index is 0.0452. The lowest BCUT2D eigenvalue weighted by Gasteiger charge is -2.15. The average Bonchev–Trinajstić information content (AvgIpc) is 2.97. The Morgan fingerprint density at radius 3 is 2.70 bits per heavy atom. The maximum Gasteiger partial charge on any atom is 0.253 e. The van der Waals surface area contributed by atoms with E-state index in [1.807, 2.05) is 26.8 Å². The monoisotopic (exact) mass is 319 g/mol. The zero-order valence-corrected chi connectivity index (χ0v) is 13.9. The van der Waals surface area contributed by atoms with E-state index in [1.54, 1.807) is 12.1 Å². The molecule has 1 fully saturated rings. The van der Waals surface area contributed by atoms with Crippen molar-refractivity contribution in [3.8, 4) is 0 Å². The Balaban J connectivity index is 2.06. The topological polar surface area (TPSA) is 93.5 Å². The van der Waals surface area contributed by atoms with Gasteiger partial charge in [-0.1, -0.05) is 6.07 Å². The molecule has 0 spiro atoms. The minimum atomic E-state index is -0.474. The molecule has 0 radical (unpaired) electrons. The molecule has 23 heavy (non-hydrogen) atoms. The molecule has 1 aliphatic rings. The summed E-state index contributed by atoms with van der Waals surface area (Å²) in [5.41, 5.74) is 7.57. The summed E-state index contributed by atoms with van der Waals surface area (Å²) in [5.74, 6) is -0.339. The van der Waals surface area contributed by atoms with Crippen LogP contribution in [0.1, 0.15) is 42.6 Å². The fourth-order valence-electron chi connectivity index (χ4n) is 2.58. The smallest absolute Gasteiger partial charge is 0.253 e. The molecule has 0 aliphatic carbocycles. The maximum absolute atomic E-state index is 12.2. The molecule has 6 heteroatoms. The van der Waals surface area contributed by atoms with Crippen molar-refractivity contribution in [3.05, 3.63) is 29.3 Å². The van der Waals surface area contributed by atoms with Gasteiger partial charge in [-0.3, -0.25) is 9.59 Å². The van der Waals surface area contributed by atoms with Gasteiger partial charge >= 0.3 is 0 Å². The molecule has 1 heterocycles. The second-order valence-corrected chi connectivity index (χ2v) is 6.21. The Labute approximate surface area is 136 Å². The quantitative estimate of drug-likeness (QED) is 0.768. The largest absolute Gasteiger partial charge is 0.364 e. The van der Waals surface area contributed by atoms with E-state index >= 15 is 0 Å². The molecule has 6 nitrogen and oxygen atoms in total. The average molecular weight is 319 g/mol. The zero-order valence-electron chi connectivity index (χ0n) is 13.9. The third-order valence-electron chi connectivity index (χ3n) is 3.83. The molecular weight excluding hydrogens is 294 g/mol. The predicted molar refractivity (Wildman–Crippen MR) is 89.4 cm³/mol. The van der Waals surface area contributed by atoms with Crippen LogP contribution < -0.4 is 16.4 Å². The third-order valence-corrected chi connectivity index (χ3v) is 3.83. The molecule has 1 aromatic carbocycles. The maximum atomic E-state index is 12.2. The summed E-state index contributed by atoms with van der Waals surface area (Å²) in [6.07, 6.45) is 0.944. The highest BCUT2D eigenvalue weighted by atomic mass is 16.5. The molecule has 2 amide bonds. The van der Waals surface area contributed by atoms with Crippen LogP contribution in [-0.2, 0) is 9.53 Å². The van der Waals surface area contributed by atoms with E-state index in [1.165, 1.54) is 0 Å². The van der Waals surface area contributed by atoms with E-state index in [4.69, 9.17) is 10.5 Å². The van der Waals surface area contributed by atoms with Gasteiger partial charge in [0.2, 0.25) is 0 Å². The van der Waals surface area contributed by atoms with Crippen LogP contribution in [0.4, 0.5) is 5.69 Å². The van der Waals surface area contributed by atoms with Crippen molar-refractivity contribution in [2.24, 2.45) is 5.73 Å². The van der Waals surface area contributed by atoms with Crippen LogP contribution in [0, 0.1) is 6.92 Å². The Kier molecular flexibility index (Phi) is 5.74. The van der Waals surface area contributed by atoms with Gasteiger partial charge < -0.3 is 21.1 Å². The van der Waals surface area contributed by atoms with Gasteiger partial charge in [-0.05, 0) is 51.3 Å². The molecule has 126 valence electrons. The number of hydrogen-bond acceptors (Lipinski definition) is 4. The highest BCUT2D eigenvalue weighted by Crippen LogP contribution is 2.21. The molecule has 1 saturated heterocycles. The van der Waals surface area contributed by atoms with Crippen LogP contribution in [0.25, 0.3) is 0 Å². The number of carbonyl (C=O) groups excluding carboxylic acids is 2. The first-order valence-electron chi connectivity index (χ1n) is 7.98. The number of nitrogens with one attached hydrogen (secondary N) is 2. The lowest BCUT2D eigenvalue weighted by Crippen LogP contribution is -2.31. The van der Waals surface area contributed by atoms with Gasteiger partial charge in [0.05, 0.1) is 6.10 Å². The van der Waals surface area contributed by atoms with Crippen LogP contribution in [0.15, 0.2) is 18.2 Å². The molecule has 1 aliphatic heterocycles. The summed E-state index contributed by atoms with van der Waals surface area (Å²) in [5, 5.41) is 5.68. The molecule has 4 N–H and O–H groups in total. The van der Waals surface area contributed by atoms with E-state index in [0.29, 0.717) is 24.2 Å². The van der Waals surface area contributed by atoms with Crippen molar-refractivity contribution in [1.29, 1.82) is 0 Å². The van der Waals surface area contributed by atoms with Crippen molar-refractivity contribution in [3.63, 3.8) is 0 Å². The highest BCUT2D eigenvalue weighted by Gasteiger charge is 2.29. The molecule has 0 unspecified atom stereocenters. The van der Waals surface area contributed by atoms with Crippen LogP contribution in [0.5, 0.6) is 0 Å². The number of carbonyl (C=O) groups is 2. The van der Waals surface area contributed by atoms with Crippen molar-refractivity contribution in [2.45, 2.75) is 51.9 Å². The Morgan fingerprint density at radius 2 is 2.09 bits per heavy atom. The molecular formula is C17H25N3O3. The first-order chi connectivity index (χ1) is 10.9. The Morgan fingerprint density at radius 1 is 1.35 bits per heavy atom. The van der Waals surface area contributed by atoms with E-state index < -0.39 is 6.10 Å². The van der Waals surface area contributed by atoms with E-state index in [9.17, 15) is 9.59 Å². The van der Waals surface area contributed by atoms with Crippen molar-refractivity contribution < 1.29 is 14.3 Å². The first-order valence-corrected chi connectivity index (χ1v) is 7.98. The number of ether oxygens (including phenoxy) is 1. The first kappa shape index (κ1) is 17.4. The van der Waals surface area contributed by atoms with Gasteiger partial charge in [-0.15, -0.1) is 0 Å². The standard InChI is InChI=1S/C17H25N3O3/c1-10(2)19-16(21)14-8-12(5-4-11(14)3)20-17(22)15-7-6-13(9-18)23-15/h4-5,8,10,13,15H,6-7,9,18H2,1-3H3,(H,19,21)(H,20,22)/t13-,15+/m1/s1. The number of anilines is 1. The summed E-state index contributed by atoms with van der Waals surface area (Å²) < 4.78 is 5.58. The molecule has 1 aromatic rings. The number of aryl methyl sites for hydroxylation is 1. The Bertz CT molecular complexity index is 586. The van der Waals surface area contributed by atoms with Gasteiger partial charge in [-0.25, -0.2) is 0 Å². The number of amides is 2. The summed E-state index contributed by atoms with van der Waals surface area (Å²) >= 11 is 0. The van der Waals surface area contributed by atoms with Gasteiger partial charge in [-0.2, -0.15) is 0 Å².